The molecule has 2 heteroatoms. The highest BCUT2D eigenvalue weighted by Crippen LogP contribution is 2.16. The highest BCUT2D eigenvalue weighted by molar-refractivity contribution is 5.11. The molecule has 0 radical (unpaired) electrons. The third-order valence-electron chi connectivity index (χ3n) is 2.39. The van der Waals surface area contributed by atoms with Gasteiger partial charge in [0.25, 0.3) is 0 Å². The Morgan fingerprint density at radius 3 is 2.82 bits per heavy atom. The van der Waals surface area contributed by atoms with E-state index in [0.29, 0.717) is 6.04 Å². The molecular formula is C9H17NO. The van der Waals surface area contributed by atoms with Crippen molar-refractivity contribution in [1.29, 1.82) is 0 Å². The van der Waals surface area contributed by atoms with Crippen molar-refractivity contribution in [1.82, 2.24) is 4.90 Å². The standard InChI is InChI=1S/C9H17NO/c1-7-5-9(11-4)8(2)10(3)6-7/h5,8-9H,6H2,1-4H3. The topological polar surface area (TPSA) is 12.5 Å². The van der Waals surface area contributed by atoms with E-state index in [2.05, 4.69) is 31.9 Å². The number of methoxy groups -OCH3 is 1. The maximum atomic E-state index is 5.33. The molecule has 0 aromatic carbocycles. The van der Waals surface area contributed by atoms with Gasteiger partial charge in [0, 0.05) is 19.7 Å². The minimum Gasteiger partial charge on any atom is -0.376 e. The molecule has 0 saturated heterocycles. The van der Waals surface area contributed by atoms with Crippen LogP contribution in [-0.2, 0) is 4.74 Å². The average Bonchev–Trinajstić information content (AvgIpc) is 1.96. The second-order valence-corrected chi connectivity index (χ2v) is 3.37. The molecule has 0 amide bonds. The highest BCUT2D eigenvalue weighted by atomic mass is 16.5. The van der Waals surface area contributed by atoms with E-state index in [1.54, 1.807) is 7.11 Å². The van der Waals surface area contributed by atoms with Gasteiger partial charge in [-0.25, -0.2) is 0 Å². The van der Waals surface area contributed by atoms with E-state index in [0.717, 1.165) is 6.54 Å². The van der Waals surface area contributed by atoms with Gasteiger partial charge in [0.2, 0.25) is 0 Å². The van der Waals surface area contributed by atoms with Crippen LogP contribution < -0.4 is 0 Å². The normalized spacial score (nSPS) is 33.6. The van der Waals surface area contributed by atoms with Gasteiger partial charge in [-0.3, -0.25) is 4.90 Å². The molecule has 0 aromatic heterocycles. The first-order valence-corrected chi connectivity index (χ1v) is 4.05. The van der Waals surface area contributed by atoms with Gasteiger partial charge < -0.3 is 4.74 Å². The summed E-state index contributed by atoms with van der Waals surface area (Å²) in [5.41, 5.74) is 1.40. The lowest BCUT2D eigenvalue weighted by Gasteiger charge is -2.34. The highest BCUT2D eigenvalue weighted by Gasteiger charge is 2.22. The van der Waals surface area contributed by atoms with Gasteiger partial charge >= 0.3 is 0 Å². The summed E-state index contributed by atoms with van der Waals surface area (Å²) in [6.45, 7) is 5.41. The molecule has 2 nitrogen and oxygen atoms in total. The molecule has 2 atom stereocenters. The third kappa shape index (κ3) is 1.82. The van der Waals surface area contributed by atoms with Crippen molar-refractivity contribution in [3.8, 4) is 0 Å². The summed E-state index contributed by atoms with van der Waals surface area (Å²) in [5.74, 6) is 0. The van der Waals surface area contributed by atoms with Crippen LogP contribution >= 0.6 is 0 Å². The van der Waals surface area contributed by atoms with Crippen molar-refractivity contribution < 1.29 is 4.74 Å². The Balaban J connectivity index is 2.70. The Bertz CT molecular complexity index is 165. The lowest BCUT2D eigenvalue weighted by molar-refractivity contribution is 0.0573. The van der Waals surface area contributed by atoms with Gasteiger partial charge in [0.05, 0.1) is 6.10 Å². The first-order valence-electron chi connectivity index (χ1n) is 4.05. The van der Waals surface area contributed by atoms with E-state index >= 15 is 0 Å². The third-order valence-corrected chi connectivity index (χ3v) is 2.39. The van der Waals surface area contributed by atoms with Gasteiger partial charge in [-0.05, 0) is 20.9 Å². The summed E-state index contributed by atoms with van der Waals surface area (Å²) in [7, 11) is 3.90. The van der Waals surface area contributed by atoms with Crippen LogP contribution in [0.25, 0.3) is 0 Å². The number of hydrogen-bond donors (Lipinski definition) is 0. The number of rotatable bonds is 1. The van der Waals surface area contributed by atoms with Gasteiger partial charge in [0.15, 0.2) is 0 Å². The molecule has 11 heavy (non-hydrogen) atoms. The van der Waals surface area contributed by atoms with Crippen LogP contribution in [0.1, 0.15) is 13.8 Å². The van der Waals surface area contributed by atoms with Crippen LogP contribution in [0, 0.1) is 0 Å². The predicted octanol–water partition coefficient (Wildman–Crippen LogP) is 1.28. The van der Waals surface area contributed by atoms with E-state index in [-0.39, 0.29) is 6.10 Å². The molecule has 2 unspecified atom stereocenters. The molecule has 0 bridgehead atoms. The van der Waals surface area contributed by atoms with E-state index in [1.165, 1.54) is 5.57 Å². The fraction of sp³-hybridized carbons (Fsp3) is 0.778. The van der Waals surface area contributed by atoms with Crippen molar-refractivity contribution >= 4 is 0 Å². The van der Waals surface area contributed by atoms with Gasteiger partial charge in [-0.1, -0.05) is 11.6 Å². The maximum Gasteiger partial charge on any atom is 0.0907 e. The lowest BCUT2D eigenvalue weighted by atomic mass is 10.0. The summed E-state index contributed by atoms with van der Waals surface area (Å²) in [6, 6.07) is 0.503. The fourth-order valence-corrected chi connectivity index (χ4v) is 1.53. The van der Waals surface area contributed by atoms with Crippen LogP contribution in [0.15, 0.2) is 11.6 Å². The summed E-state index contributed by atoms with van der Waals surface area (Å²) >= 11 is 0. The van der Waals surface area contributed by atoms with Crippen molar-refractivity contribution in [2.24, 2.45) is 0 Å². The summed E-state index contributed by atoms with van der Waals surface area (Å²) in [6.07, 6.45) is 2.48. The molecule has 1 aliphatic heterocycles. The zero-order valence-corrected chi connectivity index (χ0v) is 7.79. The smallest absolute Gasteiger partial charge is 0.0907 e. The van der Waals surface area contributed by atoms with Crippen molar-refractivity contribution in [3.05, 3.63) is 11.6 Å². The molecule has 1 aliphatic rings. The van der Waals surface area contributed by atoms with Crippen LogP contribution in [0.4, 0.5) is 0 Å². The van der Waals surface area contributed by atoms with Gasteiger partial charge in [-0.2, -0.15) is 0 Å². The molecule has 0 fully saturated rings. The summed E-state index contributed by atoms with van der Waals surface area (Å²) in [5, 5.41) is 0. The zero-order chi connectivity index (χ0) is 8.43. The Labute approximate surface area is 68.8 Å². The molecule has 0 N–H and O–H groups in total. The van der Waals surface area contributed by atoms with E-state index < -0.39 is 0 Å². The first kappa shape index (κ1) is 8.75. The molecule has 0 saturated carbocycles. The van der Waals surface area contributed by atoms with Crippen LogP contribution in [0.2, 0.25) is 0 Å². The Hall–Kier alpha value is -0.340. The van der Waals surface area contributed by atoms with Gasteiger partial charge in [-0.15, -0.1) is 0 Å². The van der Waals surface area contributed by atoms with Crippen molar-refractivity contribution in [2.45, 2.75) is 26.0 Å². The average molecular weight is 155 g/mol. The van der Waals surface area contributed by atoms with E-state index in [1.807, 2.05) is 0 Å². The molecule has 0 aliphatic carbocycles. The molecule has 0 aromatic rings. The lowest BCUT2D eigenvalue weighted by Crippen LogP contribution is -2.43. The molecule has 64 valence electrons. The minimum absolute atomic E-state index is 0.272. The Morgan fingerprint density at radius 2 is 2.27 bits per heavy atom. The molecule has 1 rings (SSSR count). The van der Waals surface area contributed by atoms with E-state index in [9.17, 15) is 0 Å². The maximum absolute atomic E-state index is 5.33. The number of likely N-dealkylation sites (N-methyl/N-ethyl adjacent to an activating group) is 1. The SMILES string of the molecule is COC1C=C(C)CN(C)C1C. The Kier molecular flexibility index (Phi) is 2.68. The summed E-state index contributed by atoms with van der Waals surface area (Å²) in [4.78, 5) is 2.31. The fourth-order valence-electron chi connectivity index (χ4n) is 1.53. The first-order chi connectivity index (χ1) is 5.15. The van der Waals surface area contributed by atoms with Crippen LogP contribution in [0.5, 0.6) is 0 Å². The summed E-state index contributed by atoms with van der Waals surface area (Å²) < 4.78 is 5.33. The molecule has 1 heterocycles. The number of ether oxygens (including phenoxy) is 1. The molecular weight excluding hydrogens is 138 g/mol. The second kappa shape index (κ2) is 3.37. The largest absolute Gasteiger partial charge is 0.376 e. The molecule has 0 spiro atoms. The minimum atomic E-state index is 0.272. The zero-order valence-electron chi connectivity index (χ0n) is 7.79. The van der Waals surface area contributed by atoms with Crippen LogP contribution in [0.3, 0.4) is 0 Å². The second-order valence-electron chi connectivity index (χ2n) is 3.37. The van der Waals surface area contributed by atoms with Gasteiger partial charge in [0.1, 0.15) is 0 Å². The van der Waals surface area contributed by atoms with Crippen molar-refractivity contribution in [2.75, 3.05) is 20.7 Å². The van der Waals surface area contributed by atoms with Crippen LogP contribution in [-0.4, -0.2) is 37.7 Å². The van der Waals surface area contributed by atoms with Crippen molar-refractivity contribution in [3.63, 3.8) is 0 Å². The van der Waals surface area contributed by atoms with E-state index in [4.69, 9.17) is 4.74 Å². The number of hydrogen-bond acceptors (Lipinski definition) is 2. The number of nitrogens with zero attached hydrogens (tertiary/aromatic N) is 1. The Morgan fingerprint density at radius 1 is 1.64 bits per heavy atom. The predicted molar refractivity (Wildman–Crippen MR) is 46.6 cm³/mol. The monoisotopic (exact) mass is 155 g/mol. The quantitative estimate of drug-likeness (QED) is 0.529.